The van der Waals surface area contributed by atoms with E-state index in [9.17, 15) is 4.79 Å². The Balaban J connectivity index is 2.03. The van der Waals surface area contributed by atoms with E-state index in [-0.39, 0.29) is 5.91 Å². The maximum Gasteiger partial charge on any atom is 0.274 e. The van der Waals surface area contributed by atoms with Gasteiger partial charge in [0.15, 0.2) is 5.70 Å². The van der Waals surface area contributed by atoms with Gasteiger partial charge < -0.3 is 10.2 Å². The summed E-state index contributed by atoms with van der Waals surface area (Å²) in [5.74, 6) is -0.129. The van der Waals surface area contributed by atoms with E-state index >= 15 is 0 Å². The Morgan fingerprint density at radius 2 is 2.20 bits per heavy atom. The van der Waals surface area contributed by atoms with Crippen LogP contribution in [0.15, 0.2) is 11.9 Å². The molecule has 0 bridgehead atoms. The van der Waals surface area contributed by atoms with Crippen molar-refractivity contribution in [2.24, 2.45) is 0 Å². The van der Waals surface area contributed by atoms with Crippen LogP contribution in [-0.2, 0) is 9.73 Å². The van der Waals surface area contributed by atoms with Crippen molar-refractivity contribution in [3.8, 4) is 0 Å². The number of nitrogens with zero attached hydrogens (tertiary/aromatic N) is 3. The molecule has 0 aromatic rings. The second-order valence-electron chi connectivity index (χ2n) is 3.44. The van der Waals surface area contributed by atoms with Crippen LogP contribution in [0.2, 0.25) is 0 Å². The second kappa shape index (κ2) is 4.05. The van der Waals surface area contributed by atoms with Gasteiger partial charge in [0, 0.05) is 33.2 Å². The maximum absolute atomic E-state index is 11.9. The van der Waals surface area contributed by atoms with Gasteiger partial charge in [-0.05, 0) is 0 Å². The molecule has 2 aliphatic heterocycles. The van der Waals surface area contributed by atoms with E-state index in [4.69, 9.17) is 10.1 Å². The zero-order chi connectivity index (χ0) is 10.8. The van der Waals surface area contributed by atoms with E-state index in [1.165, 1.54) is 11.3 Å². The number of hydroxylamine groups is 4. The zero-order valence-corrected chi connectivity index (χ0v) is 8.51. The van der Waals surface area contributed by atoms with Crippen molar-refractivity contribution in [3.63, 3.8) is 0 Å². The van der Waals surface area contributed by atoms with E-state index in [1.54, 1.807) is 11.9 Å². The molecule has 1 amide bonds. The third-order valence-corrected chi connectivity index (χ3v) is 2.40. The van der Waals surface area contributed by atoms with Crippen LogP contribution in [0.5, 0.6) is 0 Å². The third kappa shape index (κ3) is 2.04. The molecule has 0 unspecified atom stereocenters. The minimum absolute atomic E-state index is 0.129. The molecule has 2 rings (SSSR count). The second-order valence-corrected chi connectivity index (χ2v) is 3.44. The summed E-state index contributed by atoms with van der Waals surface area (Å²) < 4.78 is 0. The summed E-state index contributed by atoms with van der Waals surface area (Å²) in [5, 5.41) is 14.0. The highest BCUT2D eigenvalue weighted by atomic mass is 17.0. The van der Waals surface area contributed by atoms with E-state index in [0.717, 1.165) is 13.1 Å². The third-order valence-electron chi connectivity index (χ3n) is 2.40. The van der Waals surface area contributed by atoms with Crippen LogP contribution in [-0.4, -0.2) is 59.5 Å². The molecule has 1 fully saturated rings. The summed E-state index contributed by atoms with van der Waals surface area (Å²) in [6, 6.07) is 0. The topological polar surface area (TPSA) is 68.3 Å². The molecule has 2 N–H and O–H groups in total. The molecular weight excluding hydrogens is 200 g/mol. The van der Waals surface area contributed by atoms with Gasteiger partial charge in [0.2, 0.25) is 0 Å². The lowest BCUT2D eigenvalue weighted by molar-refractivity contribution is -0.376. The van der Waals surface area contributed by atoms with E-state index in [2.05, 4.69) is 5.32 Å². The molecule has 0 atom stereocenters. The highest BCUT2D eigenvalue weighted by Crippen LogP contribution is 2.15. The summed E-state index contributed by atoms with van der Waals surface area (Å²) in [7, 11) is 1.57. The van der Waals surface area contributed by atoms with Gasteiger partial charge in [0.25, 0.3) is 5.91 Å². The van der Waals surface area contributed by atoms with Crippen LogP contribution < -0.4 is 5.32 Å². The van der Waals surface area contributed by atoms with Crippen LogP contribution in [0.4, 0.5) is 0 Å². The first-order chi connectivity index (χ1) is 7.18. The fraction of sp³-hybridized carbons (Fsp3) is 0.625. The van der Waals surface area contributed by atoms with Crippen molar-refractivity contribution in [2.75, 3.05) is 33.2 Å². The van der Waals surface area contributed by atoms with Crippen LogP contribution in [0.3, 0.4) is 0 Å². The summed E-state index contributed by atoms with van der Waals surface area (Å²) in [4.78, 5) is 18.4. The molecule has 84 valence electrons. The fourth-order valence-electron chi connectivity index (χ4n) is 1.60. The molecule has 7 heteroatoms. The standard InChI is InChI=1S/C8H14N4O3/c1-10-7(6-12(14)15-10)8(13)11-4-2-9-3-5-11/h6,9,14H,2-5H2,1H3. The highest BCUT2D eigenvalue weighted by Gasteiger charge is 2.28. The largest absolute Gasteiger partial charge is 0.335 e. The summed E-state index contributed by atoms with van der Waals surface area (Å²) >= 11 is 0. The number of hydrogen-bond acceptors (Lipinski definition) is 6. The molecule has 0 aliphatic carbocycles. The Hall–Kier alpha value is -1.31. The van der Waals surface area contributed by atoms with Crippen molar-refractivity contribution in [2.45, 2.75) is 0 Å². The quantitative estimate of drug-likeness (QED) is 0.568. The number of amides is 1. The molecule has 7 nitrogen and oxygen atoms in total. The Kier molecular flexibility index (Phi) is 2.76. The maximum atomic E-state index is 11.9. The number of carbonyl (C=O) groups is 1. The molecule has 0 radical (unpaired) electrons. The number of carbonyl (C=O) groups excluding carboxylic acids is 1. The molecule has 15 heavy (non-hydrogen) atoms. The lowest BCUT2D eigenvalue weighted by Gasteiger charge is -2.28. The van der Waals surface area contributed by atoms with Crippen molar-refractivity contribution in [3.05, 3.63) is 11.9 Å². The SMILES string of the molecule is CN1ON(O)C=C1C(=O)N1CCNCC1. The number of nitrogens with one attached hydrogen (secondary N) is 1. The molecule has 0 aromatic carbocycles. The average Bonchev–Trinajstić information content (AvgIpc) is 2.58. The number of piperazine rings is 1. The Labute approximate surface area is 87.4 Å². The van der Waals surface area contributed by atoms with E-state index in [1.807, 2.05) is 0 Å². The van der Waals surface area contributed by atoms with Crippen molar-refractivity contribution in [1.82, 2.24) is 20.5 Å². The van der Waals surface area contributed by atoms with Gasteiger partial charge in [-0.2, -0.15) is 0 Å². The predicted molar refractivity (Wildman–Crippen MR) is 50.0 cm³/mol. The normalized spacial score (nSPS) is 22.0. The van der Waals surface area contributed by atoms with Crippen molar-refractivity contribution >= 4 is 5.91 Å². The van der Waals surface area contributed by atoms with Gasteiger partial charge in [-0.1, -0.05) is 0 Å². The minimum atomic E-state index is -0.129. The van der Waals surface area contributed by atoms with Crippen LogP contribution in [0, 0.1) is 0 Å². The molecule has 2 heterocycles. The van der Waals surface area contributed by atoms with Crippen molar-refractivity contribution < 1.29 is 14.9 Å². The number of likely N-dealkylation sites (N-methyl/N-ethyl adjacent to an activating group) is 1. The number of hydrogen-bond donors (Lipinski definition) is 2. The average molecular weight is 214 g/mol. The molecule has 0 saturated carbocycles. The Bertz CT molecular complexity index is 288. The molecule has 2 aliphatic rings. The van der Waals surface area contributed by atoms with Crippen molar-refractivity contribution in [1.29, 1.82) is 0 Å². The van der Waals surface area contributed by atoms with E-state index in [0.29, 0.717) is 24.0 Å². The summed E-state index contributed by atoms with van der Waals surface area (Å²) in [6.45, 7) is 2.95. The zero-order valence-electron chi connectivity index (χ0n) is 8.51. The van der Waals surface area contributed by atoms with Gasteiger partial charge in [0.05, 0.1) is 6.20 Å². The van der Waals surface area contributed by atoms with Gasteiger partial charge >= 0.3 is 0 Å². The molecule has 0 aromatic heterocycles. The highest BCUT2D eigenvalue weighted by molar-refractivity contribution is 5.92. The van der Waals surface area contributed by atoms with Crippen LogP contribution >= 0.6 is 0 Å². The molecule has 1 saturated heterocycles. The lowest BCUT2D eigenvalue weighted by Crippen LogP contribution is -2.47. The fourth-order valence-corrected chi connectivity index (χ4v) is 1.60. The Morgan fingerprint density at radius 1 is 1.53 bits per heavy atom. The predicted octanol–water partition coefficient (Wildman–Crippen LogP) is -1.26. The minimum Gasteiger partial charge on any atom is -0.335 e. The summed E-state index contributed by atoms with van der Waals surface area (Å²) in [6.07, 6.45) is 1.25. The summed E-state index contributed by atoms with van der Waals surface area (Å²) in [5.41, 5.74) is 0.333. The molecule has 0 spiro atoms. The van der Waals surface area contributed by atoms with Crippen LogP contribution in [0.25, 0.3) is 0 Å². The van der Waals surface area contributed by atoms with Gasteiger partial charge in [-0.25, -0.2) is 5.06 Å². The lowest BCUT2D eigenvalue weighted by atomic mass is 10.3. The smallest absolute Gasteiger partial charge is 0.274 e. The Morgan fingerprint density at radius 3 is 2.73 bits per heavy atom. The monoisotopic (exact) mass is 214 g/mol. The first-order valence-electron chi connectivity index (χ1n) is 4.80. The van der Waals surface area contributed by atoms with Gasteiger partial charge in [0.1, 0.15) is 0 Å². The van der Waals surface area contributed by atoms with E-state index < -0.39 is 0 Å². The number of rotatable bonds is 1. The first-order valence-corrected chi connectivity index (χ1v) is 4.80. The van der Waals surface area contributed by atoms with Gasteiger partial charge in [-0.15, -0.1) is 10.2 Å². The first kappa shape index (κ1) is 10.2. The van der Waals surface area contributed by atoms with Gasteiger partial charge in [-0.3, -0.25) is 10.0 Å². The molecular formula is C8H14N4O3. The van der Waals surface area contributed by atoms with Crippen LogP contribution in [0.1, 0.15) is 0 Å².